The summed E-state index contributed by atoms with van der Waals surface area (Å²) in [4.78, 5) is 13.0. The van der Waals surface area contributed by atoms with Gasteiger partial charge in [-0.25, -0.2) is 0 Å². The molecule has 2 N–H and O–H groups in total. The number of aliphatic carboxylic acids is 1. The average Bonchev–Trinajstić information content (AvgIpc) is 2.15. The van der Waals surface area contributed by atoms with Crippen LogP contribution >= 0.6 is 0 Å². The van der Waals surface area contributed by atoms with Gasteiger partial charge in [-0.2, -0.15) is 0 Å². The largest absolute Gasteiger partial charge is 0.481 e. The maximum absolute atomic E-state index is 10.5. The van der Waals surface area contributed by atoms with Crippen molar-refractivity contribution in [1.29, 1.82) is 0 Å². The molecule has 0 aliphatic carbocycles. The number of nitrogens with one attached hydrogen (secondary N) is 1. The molecule has 0 aromatic heterocycles. The molecule has 0 aromatic carbocycles. The summed E-state index contributed by atoms with van der Waals surface area (Å²) < 4.78 is 0. The molecule has 1 aliphatic heterocycles. The van der Waals surface area contributed by atoms with E-state index in [4.69, 9.17) is 5.11 Å². The molecule has 1 unspecified atom stereocenters. The van der Waals surface area contributed by atoms with Gasteiger partial charge in [-0.3, -0.25) is 9.69 Å². The Morgan fingerprint density at radius 2 is 2.33 bits per heavy atom. The van der Waals surface area contributed by atoms with Crippen LogP contribution in [-0.2, 0) is 4.79 Å². The van der Waals surface area contributed by atoms with Crippen molar-refractivity contribution in [3.63, 3.8) is 0 Å². The van der Waals surface area contributed by atoms with Crippen molar-refractivity contribution in [3.05, 3.63) is 0 Å². The first kappa shape index (κ1) is 12.5. The number of rotatable bonds is 5. The quantitative estimate of drug-likeness (QED) is 0.710. The van der Waals surface area contributed by atoms with Crippen LogP contribution < -0.4 is 5.32 Å². The van der Waals surface area contributed by atoms with Crippen LogP contribution in [-0.4, -0.2) is 48.2 Å². The van der Waals surface area contributed by atoms with E-state index in [2.05, 4.69) is 24.1 Å². The van der Waals surface area contributed by atoms with Gasteiger partial charge in [0.25, 0.3) is 0 Å². The van der Waals surface area contributed by atoms with Gasteiger partial charge in [0.15, 0.2) is 0 Å². The molecule has 1 aliphatic rings. The minimum absolute atomic E-state index is 0.279. The van der Waals surface area contributed by atoms with Gasteiger partial charge in [-0.05, 0) is 12.3 Å². The Hall–Kier alpha value is -0.610. The summed E-state index contributed by atoms with van der Waals surface area (Å²) in [6, 6.07) is 0.400. The lowest BCUT2D eigenvalue weighted by Crippen LogP contribution is -2.52. The summed E-state index contributed by atoms with van der Waals surface area (Å²) in [5, 5.41) is 12.0. The fourth-order valence-electron chi connectivity index (χ4n) is 2.09. The third-order valence-electron chi connectivity index (χ3n) is 2.76. The van der Waals surface area contributed by atoms with Crippen molar-refractivity contribution in [2.24, 2.45) is 5.92 Å². The molecule has 0 amide bonds. The minimum Gasteiger partial charge on any atom is -0.481 e. The van der Waals surface area contributed by atoms with E-state index in [1.165, 1.54) is 0 Å². The second kappa shape index (κ2) is 6.08. The Labute approximate surface area is 91.6 Å². The molecule has 1 fully saturated rings. The molecule has 4 nitrogen and oxygen atoms in total. The summed E-state index contributed by atoms with van der Waals surface area (Å²) in [5.41, 5.74) is 0. The topological polar surface area (TPSA) is 52.6 Å². The highest BCUT2D eigenvalue weighted by Crippen LogP contribution is 2.11. The van der Waals surface area contributed by atoms with Crippen LogP contribution in [0.15, 0.2) is 0 Å². The molecule has 0 aromatic rings. The molecular weight excluding hydrogens is 192 g/mol. The normalized spacial score (nSPS) is 23.3. The number of piperazine rings is 1. The summed E-state index contributed by atoms with van der Waals surface area (Å²) in [6.45, 7) is 8.48. The van der Waals surface area contributed by atoms with Gasteiger partial charge < -0.3 is 10.4 Å². The fraction of sp³-hybridized carbons (Fsp3) is 0.909. The number of hydrogen-bond donors (Lipinski definition) is 2. The van der Waals surface area contributed by atoms with Gasteiger partial charge >= 0.3 is 5.97 Å². The van der Waals surface area contributed by atoms with Gasteiger partial charge in [-0.15, -0.1) is 0 Å². The highest BCUT2D eigenvalue weighted by atomic mass is 16.4. The SMILES string of the molecule is CC(C)CN1CCNCC1CCC(=O)O. The van der Waals surface area contributed by atoms with Crippen LogP contribution in [0.2, 0.25) is 0 Å². The second-order valence-electron chi connectivity index (χ2n) is 4.68. The molecule has 0 bridgehead atoms. The van der Waals surface area contributed by atoms with Crippen molar-refractivity contribution < 1.29 is 9.90 Å². The number of carbonyl (C=O) groups is 1. The molecular formula is C11H22N2O2. The van der Waals surface area contributed by atoms with Crippen LogP contribution in [0.4, 0.5) is 0 Å². The van der Waals surface area contributed by atoms with Crippen LogP contribution in [0.3, 0.4) is 0 Å². The van der Waals surface area contributed by atoms with Gasteiger partial charge in [0.1, 0.15) is 0 Å². The van der Waals surface area contributed by atoms with Crippen LogP contribution in [0.1, 0.15) is 26.7 Å². The molecule has 88 valence electrons. The van der Waals surface area contributed by atoms with Crippen LogP contribution in [0, 0.1) is 5.92 Å². The molecule has 15 heavy (non-hydrogen) atoms. The molecule has 0 saturated carbocycles. The van der Waals surface area contributed by atoms with Crippen molar-refractivity contribution in [2.75, 3.05) is 26.2 Å². The predicted molar refractivity (Wildman–Crippen MR) is 59.9 cm³/mol. The van der Waals surface area contributed by atoms with E-state index >= 15 is 0 Å². The third kappa shape index (κ3) is 4.62. The maximum atomic E-state index is 10.5. The first-order valence-electron chi connectivity index (χ1n) is 5.76. The molecule has 4 heteroatoms. The number of hydrogen-bond acceptors (Lipinski definition) is 3. The number of carboxylic acid groups (broad SMARTS) is 1. The molecule has 1 heterocycles. The smallest absolute Gasteiger partial charge is 0.303 e. The molecule has 0 spiro atoms. The Morgan fingerprint density at radius 1 is 1.60 bits per heavy atom. The Kier molecular flexibility index (Phi) is 5.05. The van der Waals surface area contributed by atoms with Gasteiger partial charge in [0, 0.05) is 38.6 Å². The molecule has 0 radical (unpaired) electrons. The average molecular weight is 214 g/mol. The van der Waals surface area contributed by atoms with E-state index in [0.717, 1.165) is 32.6 Å². The van der Waals surface area contributed by atoms with E-state index in [0.29, 0.717) is 12.0 Å². The maximum Gasteiger partial charge on any atom is 0.303 e. The van der Waals surface area contributed by atoms with E-state index in [1.807, 2.05) is 0 Å². The van der Waals surface area contributed by atoms with Crippen LogP contribution in [0.5, 0.6) is 0 Å². The lowest BCUT2D eigenvalue weighted by atomic mass is 10.1. The molecule has 1 atom stereocenters. The van der Waals surface area contributed by atoms with E-state index < -0.39 is 5.97 Å². The zero-order valence-electron chi connectivity index (χ0n) is 9.70. The standard InChI is InChI=1S/C11H22N2O2/c1-9(2)8-13-6-5-12-7-10(13)3-4-11(14)15/h9-10,12H,3-8H2,1-2H3,(H,14,15). The first-order valence-corrected chi connectivity index (χ1v) is 5.76. The zero-order chi connectivity index (χ0) is 11.3. The lowest BCUT2D eigenvalue weighted by molar-refractivity contribution is -0.137. The second-order valence-corrected chi connectivity index (χ2v) is 4.68. The van der Waals surface area contributed by atoms with Gasteiger partial charge in [-0.1, -0.05) is 13.8 Å². The fourth-order valence-corrected chi connectivity index (χ4v) is 2.09. The van der Waals surface area contributed by atoms with E-state index in [-0.39, 0.29) is 6.42 Å². The highest BCUT2D eigenvalue weighted by Gasteiger charge is 2.22. The van der Waals surface area contributed by atoms with Crippen molar-refractivity contribution in [3.8, 4) is 0 Å². The first-order chi connectivity index (χ1) is 7.09. The Morgan fingerprint density at radius 3 is 2.93 bits per heavy atom. The van der Waals surface area contributed by atoms with Crippen molar-refractivity contribution >= 4 is 5.97 Å². The van der Waals surface area contributed by atoms with E-state index in [9.17, 15) is 4.79 Å². The summed E-state index contributed by atoms with van der Waals surface area (Å²) in [7, 11) is 0. The molecule has 1 rings (SSSR count). The van der Waals surface area contributed by atoms with Gasteiger partial charge in [0.2, 0.25) is 0 Å². The number of nitrogens with zero attached hydrogens (tertiary/aromatic N) is 1. The highest BCUT2D eigenvalue weighted by molar-refractivity contribution is 5.66. The Balaban J connectivity index is 2.38. The number of carboxylic acids is 1. The Bertz CT molecular complexity index is 207. The molecule has 1 saturated heterocycles. The van der Waals surface area contributed by atoms with Crippen molar-refractivity contribution in [2.45, 2.75) is 32.7 Å². The van der Waals surface area contributed by atoms with E-state index in [1.54, 1.807) is 0 Å². The monoisotopic (exact) mass is 214 g/mol. The summed E-state index contributed by atoms with van der Waals surface area (Å²) in [6.07, 6.45) is 1.04. The van der Waals surface area contributed by atoms with Crippen LogP contribution in [0.25, 0.3) is 0 Å². The summed E-state index contributed by atoms with van der Waals surface area (Å²) in [5.74, 6) is -0.0412. The summed E-state index contributed by atoms with van der Waals surface area (Å²) >= 11 is 0. The predicted octanol–water partition coefficient (Wildman–Crippen LogP) is 0.781. The zero-order valence-corrected chi connectivity index (χ0v) is 9.70. The lowest BCUT2D eigenvalue weighted by Gasteiger charge is -2.37. The van der Waals surface area contributed by atoms with Gasteiger partial charge in [0.05, 0.1) is 0 Å². The minimum atomic E-state index is -0.690. The van der Waals surface area contributed by atoms with Crippen molar-refractivity contribution in [1.82, 2.24) is 10.2 Å². The third-order valence-corrected chi connectivity index (χ3v) is 2.76.